The highest BCUT2D eigenvalue weighted by Crippen LogP contribution is 2.51. The predicted molar refractivity (Wildman–Crippen MR) is 111 cm³/mol. The molecule has 6 nitrogen and oxygen atoms in total. The van der Waals surface area contributed by atoms with Crippen LogP contribution in [0.25, 0.3) is 0 Å². The molecule has 2 aliphatic rings. The number of nitrogens with zero attached hydrogens (tertiary/aromatic N) is 2. The van der Waals surface area contributed by atoms with Gasteiger partial charge in [0.15, 0.2) is 0 Å². The lowest BCUT2D eigenvalue weighted by atomic mass is 9.73. The first kappa shape index (κ1) is 18.6. The molecular formula is C21H33N3O3S. The molecule has 156 valence electrons. The minimum atomic E-state index is -1.70. The van der Waals surface area contributed by atoms with E-state index < -0.39 is 39.2 Å². The average Bonchev–Trinajstić information content (AvgIpc) is 2.79. The van der Waals surface area contributed by atoms with Gasteiger partial charge in [-0.15, -0.1) is 0 Å². The van der Waals surface area contributed by atoms with Crippen LogP contribution in [0.15, 0.2) is 18.3 Å². The second-order valence-corrected chi connectivity index (χ2v) is 11.6. The predicted octanol–water partition coefficient (Wildman–Crippen LogP) is 3.75. The molecule has 1 aromatic rings. The Morgan fingerprint density at radius 1 is 1.32 bits per heavy atom. The summed E-state index contributed by atoms with van der Waals surface area (Å²) in [7, 11) is -1.38. The van der Waals surface area contributed by atoms with Crippen LogP contribution >= 0.6 is 0 Å². The number of piperidine rings is 1. The summed E-state index contributed by atoms with van der Waals surface area (Å²) in [5.74, 6) is 0. The highest BCUT2D eigenvalue weighted by Gasteiger charge is 2.50. The number of fused-ring (bicyclic) bond motifs is 1. The number of pyridine rings is 1. The van der Waals surface area contributed by atoms with E-state index in [-0.39, 0.29) is 6.09 Å². The smallest absolute Gasteiger partial charge is 0.410 e. The Morgan fingerprint density at radius 3 is 2.54 bits per heavy atom. The van der Waals surface area contributed by atoms with Gasteiger partial charge in [0.2, 0.25) is 0 Å². The summed E-state index contributed by atoms with van der Waals surface area (Å²) in [6, 6.07) is 3.21. The summed E-state index contributed by atoms with van der Waals surface area (Å²) in [5.41, 5.74) is -0.268. The molecule has 7 heteroatoms. The molecule has 3 rings (SSSR count). The maximum atomic E-state index is 13.0. The van der Waals surface area contributed by atoms with Crippen LogP contribution in [0, 0.1) is 5.41 Å². The first-order chi connectivity index (χ1) is 13.7. The number of aromatic nitrogens is 1. The van der Waals surface area contributed by atoms with Gasteiger partial charge in [0.05, 0.1) is 21.8 Å². The maximum Gasteiger partial charge on any atom is 0.410 e. The van der Waals surface area contributed by atoms with Gasteiger partial charge in [-0.3, -0.25) is 4.98 Å². The zero-order valence-electron chi connectivity index (χ0n) is 19.7. The largest absolute Gasteiger partial charge is 0.444 e. The Balaban J connectivity index is 1.92. The molecule has 1 amide bonds. The SMILES string of the molecule is [2H]C1([2H])c2ncccc2[C@@H](N[S@](=O)C(C)(C)C)C12CCN(C(=O)OC(C)(C)C)CC2. The van der Waals surface area contributed by atoms with Gasteiger partial charge < -0.3 is 9.64 Å². The maximum absolute atomic E-state index is 13.0. The lowest BCUT2D eigenvalue weighted by Gasteiger charge is -2.43. The van der Waals surface area contributed by atoms with Gasteiger partial charge in [-0.1, -0.05) is 6.07 Å². The van der Waals surface area contributed by atoms with Crippen molar-refractivity contribution in [3.63, 3.8) is 0 Å². The summed E-state index contributed by atoms with van der Waals surface area (Å²) in [6.07, 6.45) is 0.366. The van der Waals surface area contributed by atoms with Crippen molar-refractivity contribution in [1.29, 1.82) is 0 Å². The van der Waals surface area contributed by atoms with Gasteiger partial charge in [-0.05, 0) is 77.8 Å². The van der Waals surface area contributed by atoms with E-state index in [2.05, 4.69) is 9.71 Å². The molecule has 28 heavy (non-hydrogen) atoms. The normalized spacial score (nSPS) is 25.6. The summed E-state index contributed by atoms with van der Waals surface area (Å²) in [4.78, 5) is 18.5. The Labute approximate surface area is 173 Å². The van der Waals surface area contributed by atoms with Crippen molar-refractivity contribution in [2.24, 2.45) is 5.41 Å². The number of carbonyl (C=O) groups excluding carboxylic acids is 1. The molecule has 1 spiro atoms. The van der Waals surface area contributed by atoms with E-state index in [1.807, 2.05) is 47.6 Å². The highest BCUT2D eigenvalue weighted by atomic mass is 32.2. The number of hydrogen-bond donors (Lipinski definition) is 1. The van der Waals surface area contributed by atoms with Crippen LogP contribution in [0.1, 0.15) is 74.4 Å². The standard InChI is InChI=1S/C21H33N3O3S/c1-19(2,3)27-18(25)24-12-9-21(10-13-24)14-16-15(8-7-11-22-16)17(21)23-28(26)20(4,5)6/h7-8,11,17,23H,9-10,12-14H2,1-6H3/t17-,28-/m1/s1/i14D2. The van der Waals surface area contributed by atoms with Crippen molar-refractivity contribution < 1.29 is 16.5 Å². The van der Waals surface area contributed by atoms with Gasteiger partial charge in [-0.25, -0.2) is 13.7 Å². The fourth-order valence-electron chi connectivity index (χ4n) is 3.65. The van der Waals surface area contributed by atoms with Crippen LogP contribution in [0.3, 0.4) is 0 Å². The molecule has 2 heterocycles. The second-order valence-electron chi connectivity index (χ2n) is 9.62. The van der Waals surface area contributed by atoms with E-state index in [0.29, 0.717) is 31.6 Å². The van der Waals surface area contributed by atoms with Crippen molar-refractivity contribution in [2.45, 2.75) is 77.1 Å². The van der Waals surface area contributed by atoms with E-state index in [1.165, 1.54) is 0 Å². The molecule has 1 aliphatic heterocycles. The number of amides is 1. The van der Waals surface area contributed by atoms with Crippen LogP contribution in [0.4, 0.5) is 4.79 Å². The number of rotatable bonds is 2. The Bertz CT molecular complexity index is 841. The minimum Gasteiger partial charge on any atom is -0.444 e. The number of hydrogen-bond acceptors (Lipinski definition) is 4. The Hall–Kier alpha value is -1.47. The number of carbonyl (C=O) groups is 1. The summed E-state index contributed by atoms with van der Waals surface area (Å²) in [6.45, 7) is 11.9. The lowest BCUT2D eigenvalue weighted by Crippen LogP contribution is -2.49. The summed E-state index contributed by atoms with van der Waals surface area (Å²) < 4.78 is 39.2. The van der Waals surface area contributed by atoms with Crippen molar-refractivity contribution in [3.8, 4) is 0 Å². The molecule has 1 N–H and O–H groups in total. The fraction of sp³-hybridized carbons (Fsp3) is 0.714. The van der Waals surface area contributed by atoms with E-state index in [1.54, 1.807) is 17.2 Å². The zero-order chi connectivity index (χ0) is 22.5. The first-order valence-corrected chi connectivity index (χ1v) is 11.0. The molecular weight excluding hydrogens is 374 g/mol. The van der Waals surface area contributed by atoms with Gasteiger partial charge >= 0.3 is 6.09 Å². The molecule has 2 atom stereocenters. The first-order valence-electron chi connectivity index (χ1n) is 10.8. The molecule has 0 aromatic carbocycles. The molecule has 0 saturated carbocycles. The van der Waals surface area contributed by atoms with Crippen molar-refractivity contribution in [1.82, 2.24) is 14.6 Å². The molecule has 1 aliphatic carbocycles. The topological polar surface area (TPSA) is 71.5 Å². The van der Waals surface area contributed by atoms with Gasteiger partial charge in [-0.2, -0.15) is 0 Å². The third-order valence-electron chi connectivity index (χ3n) is 5.16. The Morgan fingerprint density at radius 2 is 1.96 bits per heavy atom. The average molecular weight is 410 g/mol. The monoisotopic (exact) mass is 409 g/mol. The third kappa shape index (κ3) is 4.40. The van der Waals surface area contributed by atoms with E-state index in [0.717, 1.165) is 5.56 Å². The zero-order valence-corrected chi connectivity index (χ0v) is 18.5. The van der Waals surface area contributed by atoms with Gasteiger partial charge in [0.1, 0.15) is 5.60 Å². The molecule has 0 bridgehead atoms. The number of nitrogens with one attached hydrogen (secondary N) is 1. The van der Waals surface area contributed by atoms with Gasteiger partial charge in [0, 0.05) is 27.7 Å². The van der Waals surface area contributed by atoms with Crippen molar-refractivity contribution >= 4 is 17.1 Å². The molecule has 0 radical (unpaired) electrons. The minimum absolute atomic E-state index is 0.378. The van der Waals surface area contributed by atoms with Gasteiger partial charge in [0.25, 0.3) is 0 Å². The van der Waals surface area contributed by atoms with Crippen molar-refractivity contribution in [3.05, 3.63) is 29.6 Å². The summed E-state index contributed by atoms with van der Waals surface area (Å²) >= 11 is 0. The Kier molecular flexibility index (Phi) is 4.91. The van der Waals surface area contributed by atoms with Crippen LogP contribution in [-0.4, -0.2) is 43.6 Å². The fourth-order valence-corrected chi connectivity index (χ4v) is 4.57. The van der Waals surface area contributed by atoms with Crippen LogP contribution < -0.4 is 4.72 Å². The van der Waals surface area contributed by atoms with E-state index in [9.17, 15) is 9.00 Å². The van der Waals surface area contributed by atoms with Crippen LogP contribution in [0.5, 0.6) is 0 Å². The highest BCUT2D eigenvalue weighted by molar-refractivity contribution is 7.84. The lowest BCUT2D eigenvalue weighted by molar-refractivity contribution is 0.00719. The van der Waals surface area contributed by atoms with Crippen LogP contribution in [-0.2, 0) is 22.1 Å². The number of likely N-dealkylation sites (tertiary alicyclic amines) is 1. The molecule has 1 aromatic heterocycles. The quantitative estimate of drug-likeness (QED) is 0.807. The van der Waals surface area contributed by atoms with Crippen LogP contribution in [0.2, 0.25) is 0 Å². The molecule has 0 unspecified atom stereocenters. The van der Waals surface area contributed by atoms with E-state index in [4.69, 9.17) is 7.48 Å². The number of ether oxygens (including phenoxy) is 1. The molecule has 1 fully saturated rings. The van der Waals surface area contributed by atoms with Crippen molar-refractivity contribution in [2.75, 3.05) is 13.1 Å². The molecule has 1 saturated heterocycles. The second kappa shape index (κ2) is 7.41. The third-order valence-corrected chi connectivity index (χ3v) is 6.72. The van der Waals surface area contributed by atoms with E-state index >= 15 is 0 Å². The summed E-state index contributed by atoms with van der Waals surface area (Å²) in [5, 5.41) is 0.